The summed E-state index contributed by atoms with van der Waals surface area (Å²) in [6, 6.07) is 8.66. The van der Waals surface area contributed by atoms with Crippen LogP contribution in [0, 0.1) is 5.82 Å². The molecule has 1 N–H and O–H groups in total. The van der Waals surface area contributed by atoms with Crippen molar-refractivity contribution in [3.63, 3.8) is 0 Å². The predicted octanol–water partition coefficient (Wildman–Crippen LogP) is 5.02. The van der Waals surface area contributed by atoms with Crippen LogP contribution in [0.1, 0.15) is 5.56 Å². The minimum atomic E-state index is -1.14. The van der Waals surface area contributed by atoms with Gasteiger partial charge >= 0.3 is 5.97 Å². The number of aliphatic carboxylic acids is 1. The van der Waals surface area contributed by atoms with Crippen LogP contribution in [0.3, 0.4) is 0 Å². The van der Waals surface area contributed by atoms with Crippen molar-refractivity contribution in [2.24, 2.45) is 0 Å². The fourth-order valence-corrected chi connectivity index (χ4v) is 2.14. The molecule has 21 heavy (non-hydrogen) atoms. The highest BCUT2D eigenvalue weighted by molar-refractivity contribution is 6.34. The summed E-state index contributed by atoms with van der Waals surface area (Å²) < 4.78 is 19.3. The second kappa shape index (κ2) is 6.61. The van der Waals surface area contributed by atoms with Gasteiger partial charge < -0.3 is 9.84 Å². The highest BCUT2D eigenvalue weighted by atomic mass is 35.5. The van der Waals surface area contributed by atoms with Crippen LogP contribution in [0.5, 0.6) is 11.5 Å². The second-order valence-corrected chi connectivity index (χ2v) is 4.91. The average Bonchev–Trinajstić information content (AvgIpc) is 2.38. The number of para-hydroxylation sites is 1. The van der Waals surface area contributed by atoms with Gasteiger partial charge in [-0.1, -0.05) is 35.3 Å². The number of hydrogen-bond acceptors (Lipinski definition) is 2. The van der Waals surface area contributed by atoms with E-state index >= 15 is 0 Å². The zero-order chi connectivity index (χ0) is 15.4. The minimum Gasteiger partial charge on any atom is -0.478 e. The topological polar surface area (TPSA) is 46.5 Å². The molecular formula is C15H9Cl2FO3. The molecule has 0 heterocycles. The molecule has 2 aromatic carbocycles. The summed E-state index contributed by atoms with van der Waals surface area (Å²) in [7, 11) is 0. The van der Waals surface area contributed by atoms with Gasteiger partial charge in [-0.15, -0.1) is 0 Å². The number of carboxylic acids is 1. The van der Waals surface area contributed by atoms with Crippen LogP contribution in [0.25, 0.3) is 6.08 Å². The van der Waals surface area contributed by atoms with Crippen molar-refractivity contribution >= 4 is 35.2 Å². The molecule has 0 saturated heterocycles. The van der Waals surface area contributed by atoms with Gasteiger partial charge in [0.2, 0.25) is 0 Å². The third-order valence-electron chi connectivity index (χ3n) is 2.46. The first-order valence-electron chi connectivity index (χ1n) is 5.79. The highest BCUT2D eigenvalue weighted by Gasteiger charge is 2.10. The molecule has 108 valence electrons. The molecule has 2 rings (SSSR count). The van der Waals surface area contributed by atoms with Gasteiger partial charge in [0, 0.05) is 21.7 Å². The highest BCUT2D eigenvalue weighted by Crippen LogP contribution is 2.32. The maximum absolute atomic E-state index is 13.9. The Morgan fingerprint density at radius 3 is 2.48 bits per heavy atom. The van der Waals surface area contributed by atoms with Gasteiger partial charge in [-0.3, -0.25) is 0 Å². The normalized spacial score (nSPS) is 10.8. The molecule has 0 aliphatic carbocycles. The Bertz CT molecular complexity index is 694. The first-order chi connectivity index (χ1) is 9.95. The number of benzene rings is 2. The van der Waals surface area contributed by atoms with E-state index in [1.807, 2.05) is 0 Å². The van der Waals surface area contributed by atoms with Crippen LogP contribution in [-0.2, 0) is 4.79 Å². The Morgan fingerprint density at radius 1 is 1.19 bits per heavy atom. The van der Waals surface area contributed by atoms with Crippen molar-refractivity contribution in [3.05, 3.63) is 63.9 Å². The molecular weight excluding hydrogens is 318 g/mol. The predicted molar refractivity (Wildman–Crippen MR) is 79.6 cm³/mol. The SMILES string of the molecule is O=C(O)/C=C/c1cccc(F)c1Oc1cc(Cl)cc(Cl)c1. The number of halogens is 3. The average molecular weight is 327 g/mol. The molecule has 0 spiro atoms. The van der Waals surface area contributed by atoms with Gasteiger partial charge in [0.15, 0.2) is 11.6 Å². The van der Waals surface area contributed by atoms with Crippen LogP contribution < -0.4 is 4.74 Å². The Morgan fingerprint density at radius 2 is 1.86 bits per heavy atom. The van der Waals surface area contributed by atoms with Crippen LogP contribution in [0.2, 0.25) is 10.0 Å². The van der Waals surface area contributed by atoms with Crippen LogP contribution >= 0.6 is 23.2 Å². The van der Waals surface area contributed by atoms with Crippen molar-refractivity contribution in [1.29, 1.82) is 0 Å². The number of hydrogen-bond donors (Lipinski definition) is 1. The summed E-state index contributed by atoms with van der Waals surface area (Å²) in [6.07, 6.45) is 2.14. The quantitative estimate of drug-likeness (QED) is 0.802. The molecule has 0 atom stereocenters. The van der Waals surface area contributed by atoms with Crippen molar-refractivity contribution in [2.75, 3.05) is 0 Å². The molecule has 3 nitrogen and oxygen atoms in total. The van der Waals surface area contributed by atoms with Crippen molar-refractivity contribution in [1.82, 2.24) is 0 Å². The molecule has 0 aliphatic heterocycles. The van der Waals surface area contributed by atoms with E-state index in [4.69, 9.17) is 33.0 Å². The molecule has 0 unspecified atom stereocenters. The molecule has 0 aliphatic rings. The van der Waals surface area contributed by atoms with Gasteiger partial charge in [-0.2, -0.15) is 0 Å². The van der Waals surface area contributed by atoms with E-state index in [9.17, 15) is 9.18 Å². The Balaban J connectivity index is 2.40. The smallest absolute Gasteiger partial charge is 0.328 e. The Labute approximate surface area is 130 Å². The molecule has 2 aromatic rings. The fourth-order valence-electron chi connectivity index (χ4n) is 1.63. The summed E-state index contributed by atoms with van der Waals surface area (Å²) in [5, 5.41) is 9.33. The summed E-state index contributed by atoms with van der Waals surface area (Å²) in [4.78, 5) is 10.6. The van der Waals surface area contributed by atoms with E-state index in [0.717, 1.165) is 6.08 Å². The Hall–Kier alpha value is -2.04. The first-order valence-corrected chi connectivity index (χ1v) is 6.55. The number of carboxylic acid groups (broad SMARTS) is 1. The maximum Gasteiger partial charge on any atom is 0.328 e. The lowest BCUT2D eigenvalue weighted by Gasteiger charge is -2.10. The van der Waals surface area contributed by atoms with Crippen LogP contribution in [0.15, 0.2) is 42.5 Å². The summed E-state index contributed by atoms with van der Waals surface area (Å²) in [5.74, 6) is -1.62. The van der Waals surface area contributed by atoms with Gasteiger partial charge in [0.05, 0.1) is 0 Å². The van der Waals surface area contributed by atoms with Gasteiger partial charge in [-0.05, 0) is 30.3 Å². The molecule has 0 bridgehead atoms. The van der Waals surface area contributed by atoms with E-state index in [2.05, 4.69) is 0 Å². The molecule has 0 fully saturated rings. The zero-order valence-electron chi connectivity index (χ0n) is 10.5. The van der Waals surface area contributed by atoms with Crippen molar-refractivity contribution in [2.45, 2.75) is 0 Å². The summed E-state index contributed by atoms with van der Waals surface area (Å²) >= 11 is 11.7. The minimum absolute atomic E-state index is 0.103. The largest absolute Gasteiger partial charge is 0.478 e. The van der Waals surface area contributed by atoms with Gasteiger partial charge in [-0.25, -0.2) is 9.18 Å². The maximum atomic E-state index is 13.9. The summed E-state index contributed by atoms with van der Waals surface area (Å²) in [5.41, 5.74) is 0.286. The van der Waals surface area contributed by atoms with E-state index in [1.165, 1.54) is 42.5 Å². The lowest BCUT2D eigenvalue weighted by Crippen LogP contribution is -1.93. The van der Waals surface area contributed by atoms with E-state index in [1.54, 1.807) is 0 Å². The van der Waals surface area contributed by atoms with Gasteiger partial charge in [0.25, 0.3) is 0 Å². The number of carbonyl (C=O) groups is 1. The molecule has 0 saturated carbocycles. The lowest BCUT2D eigenvalue weighted by molar-refractivity contribution is -0.131. The monoisotopic (exact) mass is 326 g/mol. The molecule has 6 heteroatoms. The first kappa shape index (κ1) is 15.4. The number of ether oxygens (including phenoxy) is 1. The van der Waals surface area contributed by atoms with E-state index in [-0.39, 0.29) is 17.1 Å². The Kier molecular flexibility index (Phi) is 4.83. The van der Waals surface area contributed by atoms with Crippen LogP contribution in [-0.4, -0.2) is 11.1 Å². The third kappa shape index (κ3) is 4.21. The zero-order valence-corrected chi connectivity index (χ0v) is 12.0. The fraction of sp³-hybridized carbons (Fsp3) is 0. The van der Waals surface area contributed by atoms with Crippen molar-refractivity contribution < 1.29 is 19.0 Å². The van der Waals surface area contributed by atoms with E-state index < -0.39 is 11.8 Å². The second-order valence-electron chi connectivity index (χ2n) is 4.04. The summed E-state index contributed by atoms with van der Waals surface area (Å²) in [6.45, 7) is 0. The van der Waals surface area contributed by atoms with Gasteiger partial charge in [0.1, 0.15) is 5.75 Å². The van der Waals surface area contributed by atoms with Crippen LogP contribution in [0.4, 0.5) is 4.39 Å². The number of rotatable bonds is 4. The standard InChI is InChI=1S/C15H9Cl2FO3/c16-10-6-11(17)8-12(7-10)21-15-9(4-5-14(19)20)2-1-3-13(15)18/h1-8H,(H,19,20)/b5-4+. The molecule has 0 amide bonds. The molecule has 0 aromatic heterocycles. The van der Waals surface area contributed by atoms with E-state index in [0.29, 0.717) is 10.0 Å². The third-order valence-corrected chi connectivity index (χ3v) is 2.90. The lowest BCUT2D eigenvalue weighted by atomic mass is 10.1. The van der Waals surface area contributed by atoms with Crippen molar-refractivity contribution in [3.8, 4) is 11.5 Å². The molecule has 0 radical (unpaired) electrons.